The molecule has 9 nitrogen and oxygen atoms in total. The van der Waals surface area contributed by atoms with Crippen LogP contribution in [0.25, 0.3) is 0 Å². The quantitative estimate of drug-likeness (QED) is 0.263. The Morgan fingerprint density at radius 1 is 0.816 bits per heavy atom. The van der Waals surface area contributed by atoms with Gasteiger partial charge in [0.05, 0.1) is 11.3 Å². The molecule has 0 aliphatic carbocycles. The number of aromatic hydroxyl groups is 1. The number of carbonyl (C=O) groups is 3. The van der Waals surface area contributed by atoms with Gasteiger partial charge in [0, 0.05) is 16.7 Å². The van der Waals surface area contributed by atoms with Gasteiger partial charge in [0.1, 0.15) is 17.1 Å². The summed E-state index contributed by atoms with van der Waals surface area (Å²) in [6.45, 7) is 0. The lowest BCUT2D eigenvalue weighted by atomic mass is 9.98. The number of anilines is 1. The minimum absolute atomic E-state index is 0.00320. The van der Waals surface area contributed by atoms with Gasteiger partial charge >= 0.3 is 5.97 Å². The number of carboxylic acids is 1. The van der Waals surface area contributed by atoms with Crippen LogP contribution in [0.4, 0.5) is 11.4 Å². The van der Waals surface area contributed by atoms with E-state index in [0.29, 0.717) is 17.0 Å². The molecule has 4 aromatic rings. The second-order valence-corrected chi connectivity index (χ2v) is 8.34. The number of rotatable bonds is 7. The van der Waals surface area contributed by atoms with Gasteiger partial charge in [-0.15, -0.1) is 0 Å². The first kappa shape index (κ1) is 24.3. The molecular formula is C29H20N4O5. The van der Waals surface area contributed by atoms with Crippen LogP contribution in [-0.4, -0.2) is 39.6 Å². The molecule has 0 saturated heterocycles. The predicted molar refractivity (Wildman–Crippen MR) is 140 cm³/mol. The molecule has 0 spiro atoms. The largest absolute Gasteiger partial charge is 0.506 e. The zero-order chi connectivity index (χ0) is 26.6. The standard InChI is InChI=1S/C29H20N4O5/c34-24-16-15-19(27(35)21-13-7-8-14-22(21)29(37)38)17-23(24)30-31-26-25(18-9-3-1-4-10-18)32-33(28(26)36)20-11-5-2-6-12-20/h1-17,26,34H,(H,37,38). The first-order valence-electron chi connectivity index (χ1n) is 11.6. The summed E-state index contributed by atoms with van der Waals surface area (Å²) < 4.78 is 0. The molecule has 4 aromatic carbocycles. The molecule has 0 saturated carbocycles. The fourth-order valence-electron chi connectivity index (χ4n) is 4.02. The molecule has 0 fully saturated rings. The number of azo groups is 1. The molecule has 1 amide bonds. The number of carboxylic acid groups (broad SMARTS) is 1. The summed E-state index contributed by atoms with van der Waals surface area (Å²) in [7, 11) is 0. The van der Waals surface area contributed by atoms with E-state index in [0.717, 1.165) is 0 Å². The summed E-state index contributed by atoms with van der Waals surface area (Å²) in [4.78, 5) is 38.0. The molecule has 186 valence electrons. The number of carbonyl (C=O) groups excluding carboxylic acids is 2. The number of hydrogen-bond donors (Lipinski definition) is 2. The van der Waals surface area contributed by atoms with Crippen LogP contribution in [-0.2, 0) is 4.79 Å². The topological polar surface area (TPSA) is 132 Å². The average molecular weight is 505 g/mol. The third-order valence-electron chi connectivity index (χ3n) is 5.90. The van der Waals surface area contributed by atoms with Gasteiger partial charge in [-0.25, -0.2) is 4.79 Å². The van der Waals surface area contributed by atoms with Crippen molar-refractivity contribution in [1.82, 2.24) is 0 Å². The summed E-state index contributed by atoms with van der Waals surface area (Å²) in [5, 5.41) is 33.9. The number of hydrazone groups is 1. The van der Waals surface area contributed by atoms with Crippen molar-refractivity contribution < 1.29 is 24.6 Å². The third kappa shape index (κ3) is 4.68. The molecular weight excluding hydrogens is 484 g/mol. The lowest BCUT2D eigenvalue weighted by Gasteiger charge is -2.11. The molecule has 38 heavy (non-hydrogen) atoms. The minimum Gasteiger partial charge on any atom is -0.506 e. The number of amides is 1. The van der Waals surface area contributed by atoms with E-state index in [1.165, 1.54) is 41.4 Å². The van der Waals surface area contributed by atoms with Crippen LogP contribution in [0.3, 0.4) is 0 Å². The van der Waals surface area contributed by atoms with Gasteiger partial charge in [-0.1, -0.05) is 66.7 Å². The van der Waals surface area contributed by atoms with Gasteiger partial charge in [-0.05, 0) is 36.4 Å². The van der Waals surface area contributed by atoms with E-state index < -0.39 is 23.7 Å². The summed E-state index contributed by atoms with van der Waals surface area (Å²) in [6, 6.07) is 26.7. The van der Waals surface area contributed by atoms with Crippen LogP contribution in [0.2, 0.25) is 0 Å². The van der Waals surface area contributed by atoms with Crippen molar-refractivity contribution in [3.8, 4) is 5.75 Å². The average Bonchev–Trinajstić information content (AvgIpc) is 3.29. The second kappa shape index (κ2) is 10.3. The van der Waals surface area contributed by atoms with Crippen molar-refractivity contribution in [2.75, 3.05) is 5.01 Å². The first-order chi connectivity index (χ1) is 18.4. The molecule has 1 aliphatic rings. The summed E-state index contributed by atoms with van der Waals surface area (Å²) >= 11 is 0. The fraction of sp³-hybridized carbons (Fsp3) is 0.0345. The van der Waals surface area contributed by atoms with E-state index in [2.05, 4.69) is 15.3 Å². The normalized spacial score (nSPS) is 15.1. The van der Waals surface area contributed by atoms with Crippen LogP contribution in [0.15, 0.2) is 118 Å². The molecule has 1 aliphatic heterocycles. The van der Waals surface area contributed by atoms with Gasteiger partial charge in [0.25, 0.3) is 5.91 Å². The predicted octanol–water partition coefficient (Wildman–Crippen LogP) is 5.22. The van der Waals surface area contributed by atoms with Gasteiger partial charge in [-0.2, -0.15) is 20.3 Å². The SMILES string of the molecule is O=C(O)c1ccccc1C(=O)c1ccc(O)c(N=NC2C(=O)N(c3ccccc3)N=C2c2ccccc2)c1. The summed E-state index contributed by atoms with van der Waals surface area (Å²) in [5.74, 6) is -2.48. The van der Waals surface area contributed by atoms with Gasteiger partial charge in [0.15, 0.2) is 11.8 Å². The lowest BCUT2D eigenvalue weighted by molar-refractivity contribution is -0.117. The Labute approximate surface area is 217 Å². The minimum atomic E-state index is -1.23. The highest BCUT2D eigenvalue weighted by molar-refractivity contribution is 6.24. The number of hydrogen-bond acceptors (Lipinski definition) is 7. The number of benzene rings is 4. The Hall–Kier alpha value is -5.44. The summed E-state index contributed by atoms with van der Waals surface area (Å²) in [6.07, 6.45) is 0. The maximum atomic E-state index is 13.3. The Morgan fingerprint density at radius 2 is 1.45 bits per heavy atom. The Balaban J connectivity index is 1.50. The highest BCUT2D eigenvalue weighted by Crippen LogP contribution is 2.31. The molecule has 5 rings (SSSR count). The Bertz CT molecular complexity index is 1600. The van der Waals surface area contributed by atoms with Crippen molar-refractivity contribution in [2.24, 2.45) is 15.3 Å². The zero-order valence-electron chi connectivity index (χ0n) is 19.8. The van der Waals surface area contributed by atoms with Crippen molar-refractivity contribution in [1.29, 1.82) is 0 Å². The lowest BCUT2D eigenvalue weighted by Crippen LogP contribution is -2.30. The van der Waals surface area contributed by atoms with Crippen LogP contribution in [0.5, 0.6) is 5.75 Å². The van der Waals surface area contributed by atoms with Crippen LogP contribution >= 0.6 is 0 Å². The second-order valence-electron chi connectivity index (χ2n) is 8.34. The Kier molecular flexibility index (Phi) is 6.56. The summed E-state index contributed by atoms with van der Waals surface area (Å²) in [5.41, 5.74) is 1.53. The molecule has 0 aromatic heterocycles. The van der Waals surface area contributed by atoms with E-state index in [4.69, 9.17) is 0 Å². The van der Waals surface area contributed by atoms with Crippen molar-refractivity contribution in [3.05, 3.63) is 125 Å². The number of nitrogens with zero attached hydrogens (tertiary/aromatic N) is 4. The molecule has 1 heterocycles. The van der Waals surface area contributed by atoms with Crippen LogP contribution in [0.1, 0.15) is 31.8 Å². The number of phenols is 1. The Morgan fingerprint density at radius 3 is 2.13 bits per heavy atom. The van der Waals surface area contributed by atoms with Crippen molar-refractivity contribution >= 4 is 34.7 Å². The smallest absolute Gasteiger partial charge is 0.336 e. The molecule has 1 unspecified atom stereocenters. The maximum Gasteiger partial charge on any atom is 0.336 e. The van der Waals surface area contributed by atoms with Gasteiger partial charge < -0.3 is 10.2 Å². The van der Waals surface area contributed by atoms with Crippen LogP contribution in [0, 0.1) is 0 Å². The maximum absolute atomic E-state index is 13.3. The highest BCUT2D eigenvalue weighted by atomic mass is 16.4. The molecule has 2 N–H and O–H groups in total. The van der Waals surface area contributed by atoms with Crippen LogP contribution < -0.4 is 5.01 Å². The first-order valence-corrected chi connectivity index (χ1v) is 11.6. The van der Waals surface area contributed by atoms with E-state index in [1.807, 2.05) is 24.3 Å². The van der Waals surface area contributed by atoms with E-state index in [-0.39, 0.29) is 28.1 Å². The molecule has 0 radical (unpaired) electrons. The number of phenolic OH excluding ortho intramolecular Hbond substituents is 1. The van der Waals surface area contributed by atoms with Gasteiger partial charge in [-0.3, -0.25) is 9.59 Å². The molecule has 9 heteroatoms. The van der Waals surface area contributed by atoms with Crippen molar-refractivity contribution in [2.45, 2.75) is 6.04 Å². The van der Waals surface area contributed by atoms with E-state index in [9.17, 15) is 24.6 Å². The van der Waals surface area contributed by atoms with Crippen molar-refractivity contribution in [3.63, 3.8) is 0 Å². The molecule has 1 atom stereocenters. The zero-order valence-corrected chi connectivity index (χ0v) is 19.8. The third-order valence-corrected chi connectivity index (χ3v) is 5.90. The highest BCUT2D eigenvalue weighted by Gasteiger charge is 2.38. The number of ketones is 1. The molecule has 0 bridgehead atoms. The van der Waals surface area contributed by atoms with E-state index >= 15 is 0 Å². The van der Waals surface area contributed by atoms with E-state index in [1.54, 1.807) is 42.5 Å². The number of aromatic carboxylic acids is 1. The van der Waals surface area contributed by atoms with Gasteiger partial charge in [0.2, 0.25) is 0 Å². The number of para-hydroxylation sites is 1. The fourth-order valence-corrected chi connectivity index (χ4v) is 4.02. The monoisotopic (exact) mass is 504 g/mol.